The number of anilines is 1. The van der Waals surface area contributed by atoms with Crippen molar-refractivity contribution >= 4 is 27.6 Å². The highest BCUT2D eigenvalue weighted by Crippen LogP contribution is 2.22. The van der Waals surface area contributed by atoms with Gasteiger partial charge in [0.15, 0.2) is 6.61 Å². The maximum atomic E-state index is 12.7. The van der Waals surface area contributed by atoms with Gasteiger partial charge in [0.05, 0.1) is 22.8 Å². The van der Waals surface area contributed by atoms with Gasteiger partial charge >= 0.3 is 5.97 Å². The smallest absolute Gasteiger partial charge is 0.340 e. The zero-order valence-corrected chi connectivity index (χ0v) is 18.9. The summed E-state index contributed by atoms with van der Waals surface area (Å²) < 4.78 is 38.3. The number of hydrogen-bond acceptors (Lipinski definition) is 6. The Bertz CT molecular complexity index is 1020. The molecule has 2 aromatic carbocycles. The van der Waals surface area contributed by atoms with Crippen LogP contribution >= 0.6 is 0 Å². The normalized spacial score (nSPS) is 11.5. The van der Waals surface area contributed by atoms with Crippen LogP contribution < -0.4 is 14.8 Å². The van der Waals surface area contributed by atoms with E-state index in [1.807, 2.05) is 27.7 Å². The van der Waals surface area contributed by atoms with Crippen molar-refractivity contribution in [3.8, 4) is 5.75 Å². The van der Waals surface area contributed by atoms with Crippen LogP contribution in [0.1, 0.15) is 44.5 Å². The Balaban J connectivity index is 2.12. The van der Waals surface area contributed by atoms with Crippen molar-refractivity contribution < 1.29 is 27.5 Å². The van der Waals surface area contributed by atoms with Crippen LogP contribution in [0.2, 0.25) is 0 Å². The molecule has 8 nitrogen and oxygen atoms in total. The third-order valence-corrected chi connectivity index (χ3v) is 5.91. The maximum Gasteiger partial charge on any atom is 0.340 e. The van der Waals surface area contributed by atoms with E-state index in [2.05, 4.69) is 10.0 Å². The van der Waals surface area contributed by atoms with E-state index in [1.54, 1.807) is 24.3 Å². The van der Waals surface area contributed by atoms with Crippen molar-refractivity contribution in [3.63, 3.8) is 0 Å². The van der Waals surface area contributed by atoms with E-state index >= 15 is 0 Å². The summed E-state index contributed by atoms with van der Waals surface area (Å²) in [5, 5.41) is 2.76. The summed E-state index contributed by atoms with van der Waals surface area (Å²) in [6.45, 7) is 7.47. The first-order valence-corrected chi connectivity index (χ1v) is 11.4. The molecule has 2 N–H and O–H groups in total. The van der Waals surface area contributed by atoms with Crippen molar-refractivity contribution in [1.82, 2.24) is 5.32 Å². The second kappa shape index (κ2) is 10.3. The average molecular weight is 449 g/mol. The predicted octanol–water partition coefficient (Wildman–Crippen LogP) is 3.35. The fourth-order valence-electron chi connectivity index (χ4n) is 2.55. The third kappa shape index (κ3) is 6.99. The van der Waals surface area contributed by atoms with Crippen molar-refractivity contribution in [2.75, 3.05) is 17.9 Å². The SMILES string of the molecule is CCOc1ccc(S(=O)(=O)Nc2ccccc2C(=O)OCC(=O)NC(C)(C)CC)cc1. The lowest BCUT2D eigenvalue weighted by Gasteiger charge is -2.24. The summed E-state index contributed by atoms with van der Waals surface area (Å²) in [7, 11) is -3.95. The first kappa shape index (κ1) is 24.2. The highest BCUT2D eigenvalue weighted by atomic mass is 32.2. The molecule has 0 atom stereocenters. The summed E-state index contributed by atoms with van der Waals surface area (Å²) in [4.78, 5) is 24.5. The number of carbonyl (C=O) groups is 2. The van der Waals surface area contributed by atoms with Crippen LogP contribution in [0.3, 0.4) is 0 Å². The van der Waals surface area contributed by atoms with Gasteiger partial charge in [-0.2, -0.15) is 0 Å². The number of carbonyl (C=O) groups excluding carboxylic acids is 2. The standard InChI is InChI=1S/C22H28N2O6S/c1-5-22(3,4)23-20(25)15-30-21(26)18-9-7-8-10-19(18)24-31(27,28)17-13-11-16(12-14-17)29-6-2/h7-14,24H,5-6,15H2,1-4H3,(H,23,25). The molecular formula is C22H28N2O6S. The van der Waals surface area contributed by atoms with Crippen molar-refractivity contribution in [2.45, 2.75) is 44.6 Å². The van der Waals surface area contributed by atoms with E-state index in [1.165, 1.54) is 24.3 Å². The summed E-state index contributed by atoms with van der Waals surface area (Å²) in [6.07, 6.45) is 0.711. The van der Waals surface area contributed by atoms with E-state index in [9.17, 15) is 18.0 Å². The molecule has 2 rings (SSSR count). The van der Waals surface area contributed by atoms with Gasteiger partial charge in [0.25, 0.3) is 15.9 Å². The van der Waals surface area contributed by atoms with Crippen LogP contribution in [0.25, 0.3) is 0 Å². The molecule has 0 aliphatic rings. The number of hydrogen-bond donors (Lipinski definition) is 2. The summed E-state index contributed by atoms with van der Waals surface area (Å²) >= 11 is 0. The minimum Gasteiger partial charge on any atom is -0.494 e. The van der Waals surface area contributed by atoms with Gasteiger partial charge in [-0.15, -0.1) is 0 Å². The zero-order chi connectivity index (χ0) is 23.1. The predicted molar refractivity (Wildman–Crippen MR) is 118 cm³/mol. The van der Waals surface area contributed by atoms with E-state index in [4.69, 9.17) is 9.47 Å². The number of ether oxygens (including phenoxy) is 2. The van der Waals surface area contributed by atoms with Crippen LogP contribution in [-0.2, 0) is 19.6 Å². The Hall–Kier alpha value is -3.07. The van der Waals surface area contributed by atoms with Gasteiger partial charge in [0, 0.05) is 5.54 Å². The zero-order valence-electron chi connectivity index (χ0n) is 18.1. The number of rotatable bonds is 10. The largest absolute Gasteiger partial charge is 0.494 e. The first-order valence-electron chi connectivity index (χ1n) is 9.91. The highest BCUT2D eigenvalue weighted by molar-refractivity contribution is 7.92. The number of para-hydroxylation sites is 1. The van der Waals surface area contributed by atoms with Crippen LogP contribution in [0, 0.1) is 0 Å². The number of benzene rings is 2. The molecule has 0 aromatic heterocycles. The molecule has 0 aliphatic carbocycles. The van der Waals surface area contributed by atoms with Crippen molar-refractivity contribution in [3.05, 3.63) is 54.1 Å². The molecule has 31 heavy (non-hydrogen) atoms. The lowest BCUT2D eigenvalue weighted by Crippen LogP contribution is -2.44. The second-order valence-electron chi connectivity index (χ2n) is 7.42. The molecule has 0 heterocycles. The number of esters is 1. The fraction of sp³-hybridized carbons (Fsp3) is 0.364. The van der Waals surface area contributed by atoms with Crippen molar-refractivity contribution in [2.24, 2.45) is 0 Å². The molecule has 2 aromatic rings. The molecule has 0 unspecified atom stereocenters. The van der Waals surface area contributed by atoms with Gasteiger partial charge in [0.2, 0.25) is 0 Å². The molecule has 0 aliphatic heterocycles. The molecule has 0 saturated heterocycles. The van der Waals surface area contributed by atoms with E-state index in [0.717, 1.165) is 0 Å². The minimum atomic E-state index is -3.95. The van der Waals surface area contributed by atoms with Gasteiger partial charge in [-0.1, -0.05) is 19.1 Å². The number of sulfonamides is 1. The van der Waals surface area contributed by atoms with Crippen LogP contribution in [0.15, 0.2) is 53.4 Å². The van der Waals surface area contributed by atoms with Crippen LogP contribution in [0.5, 0.6) is 5.75 Å². The highest BCUT2D eigenvalue weighted by Gasteiger charge is 2.22. The average Bonchev–Trinajstić information content (AvgIpc) is 2.72. The lowest BCUT2D eigenvalue weighted by atomic mass is 10.0. The van der Waals surface area contributed by atoms with Gasteiger partial charge in [0.1, 0.15) is 5.75 Å². The molecule has 0 radical (unpaired) electrons. The molecule has 168 valence electrons. The van der Waals surface area contributed by atoms with Gasteiger partial charge in [-0.05, 0) is 63.6 Å². The Morgan fingerprint density at radius 1 is 1.00 bits per heavy atom. The van der Waals surface area contributed by atoms with Gasteiger partial charge in [-0.25, -0.2) is 13.2 Å². The lowest BCUT2D eigenvalue weighted by molar-refractivity contribution is -0.125. The molecule has 0 fully saturated rings. The second-order valence-corrected chi connectivity index (χ2v) is 9.10. The van der Waals surface area contributed by atoms with E-state index in [0.29, 0.717) is 18.8 Å². The van der Waals surface area contributed by atoms with E-state index < -0.39 is 34.0 Å². The minimum absolute atomic E-state index is 0.000404. The van der Waals surface area contributed by atoms with Gasteiger partial charge in [-0.3, -0.25) is 9.52 Å². The van der Waals surface area contributed by atoms with Crippen LogP contribution in [0.4, 0.5) is 5.69 Å². The summed E-state index contributed by atoms with van der Waals surface area (Å²) in [6, 6.07) is 12.0. The monoisotopic (exact) mass is 448 g/mol. The molecule has 0 bridgehead atoms. The Labute approximate surface area is 183 Å². The Morgan fingerprint density at radius 2 is 1.65 bits per heavy atom. The first-order chi connectivity index (χ1) is 14.6. The molecule has 1 amide bonds. The van der Waals surface area contributed by atoms with Gasteiger partial charge < -0.3 is 14.8 Å². The molecule has 9 heteroatoms. The third-order valence-electron chi connectivity index (χ3n) is 4.53. The Kier molecular flexibility index (Phi) is 8.04. The Morgan fingerprint density at radius 3 is 2.26 bits per heavy atom. The molecular weight excluding hydrogens is 420 g/mol. The summed E-state index contributed by atoms with van der Waals surface area (Å²) in [5.74, 6) is -0.697. The van der Waals surface area contributed by atoms with Crippen molar-refractivity contribution in [1.29, 1.82) is 0 Å². The maximum absolute atomic E-state index is 12.7. The van der Waals surface area contributed by atoms with E-state index in [-0.39, 0.29) is 16.1 Å². The fourth-order valence-corrected chi connectivity index (χ4v) is 3.63. The quantitative estimate of drug-likeness (QED) is 0.539. The molecule has 0 spiro atoms. The number of nitrogens with one attached hydrogen (secondary N) is 2. The number of amides is 1. The van der Waals surface area contributed by atoms with Crippen LogP contribution in [-0.4, -0.2) is 39.0 Å². The summed E-state index contributed by atoms with van der Waals surface area (Å²) in [5.41, 5.74) is -0.371. The topological polar surface area (TPSA) is 111 Å². The molecule has 0 saturated carbocycles.